The predicted octanol–water partition coefficient (Wildman–Crippen LogP) is -2.98. The van der Waals surface area contributed by atoms with E-state index in [9.17, 15) is 14.7 Å². The van der Waals surface area contributed by atoms with Crippen LogP contribution in [0.25, 0.3) is 0 Å². The minimum atomic E-state index is -0.975. The van der Waals surface area contributed by atoms with Crippen molar-refractivity contribution in [2.75, 3.05) is 6.61 Å². The Kier molecular flexibility index (Phi) is 9.24. The molecule has 0 aliphatic rings. The van der Waals surface area contributed by atoms with Gasteiger partial charge in [-0.2, -0.15) is 0 Å². The second kappa shape index (κ2) is 8.03. The number of carbonyl (C=O) groups excluding carboxylic acids is 2. The standard InChI is InChI=1S/C9H14O4.Na/c1-4-13-9(12)8(11)5-7(10)6(2)3;/h5-6,10H,4H2,1-3H3;/q;+1/p-1/b7-5-;. The van der Waals surface area contributed by atoms with Crippen LogP contribution in [0.4, 0.5) is 0 Å². The summed E-state index contributed by atoms with van der Waals surface area (Å²) in [7, 11) is 0. The molecule has 14 heavy (non-hydrogen) atoms. The molecule has 0 fully saturated rings. The van der Waals surface area contributed by atoms with Crippen LogP contribution in [0.5, 0.6) is 0 Å². The zero-order chi connectivity index (χ0) is 10.4. The van der Waals surface area contributed by atoms with E-state index in [0.717, 1.165) is 6.08 Å². The van der Waals surface area contributed by atoms with Gasteiger partial charge in [0.2, 0.25) is 0 Å². The van der Waals surface area contributed by atoms with Gasteiger partial charge in [0.25, 0.3) is 5.78 Å². The molecule has 0 amide bonds. The molecule has 0 spiro atoms. The van der Waals surface area contributed by atoms with Crippen molar-refractivity contribution in [1.29, 1.82) is 0 Å². The molecule has 0 aromatic rings. The SMILES string of the molecule is CCOC(=O)C(=O)/C=C(\[O-])C(C)C.[Na+]. The van der Waals surface area contributed by atoms with Gasteiger partial charge in [-0.3, -0.25) is 4.79 Å². The summed E-state index contributed by atoms with van der Waals surface area (Å²) in [5.41, 5.74) is 0. The fourth-order valence-corrected chi connectivity index (χ4v) is 0.557. The molecule has 0 saturated heterocycles. The van der Waals surface area contributed by atoms with Crippen molar-refractivity contribution in [2.45, 2.75) is 20.8 Å². The maximum Gasteiger partial charge on any atom is 1.00 e. The summed E-state index contributed by atoms with van der Waals surface area (Å²) in [5.74, 6) is -2.51. The van der Waals surface area contributed by atoms with Crippen LogP contribution in [-0.4, -0.2) is 18.4 Å². The second-order valence-electron chi connectivity index (χ2n) is 2.79. The van der Waals surface area contributed by atoms with Gasteiger partial charge >= 0.3 is 35.5 Å². The molecular weight excluding hydrogens is 195 g/mol. The van der Waals surface area contributed by atoms with Gasteiger partial charge < -0.3 is 9.84 Å². The van der Waals surface area contributed by atoms with E-state index >= 15 is 0 Å². The summed E-state index contributed by atoms with van der Waals surface area (Å²) in [6, 6.07) is 0. The van der Waals surface area contributed by atoms with E-state index < -0.39 is 11.8 Å². The van der Waals surface area contributed by atoms with Crippen molar-refractivity contribution in [3.05, 3.63) is 11.8 Å². The fourth-order valence-electron chi connectivity index (χ4n) is 0.557. The van der Waals surface area contributed by atoms with E-state index in [4.69, 9.17) is 0 Å². The molecule has 74 valence electrons. The molecule has 0 N–H and O–H groups in total. The monoisotopic (exact) mass is 208 g/mol. The van der Waals surface area contributed by atoms with Crippen molar-refractivity contribution < 1.29 is 49.0 Å². The van der Waals surface area contributed by atoms with Gasteiger partial charge in [-0.05, 0) is 18.9 Å². The largest absolute Gasteiger partial charge is 1.00 e. The van der Waals surface area contributed by atoms with Crippen molar-refractivity contribution in [3.63, 3.8) is 0 Å². The van der Waals surface area contributed by atoms with Gasteiger partial charge in [-0.15, -0.1) is 5.76 Å². The van der Waals surface area contributed by atoms with Gasteiger partial charge in [0.15, 0.2) is 0 Å². The predicted molar refractivity (Wildman–Crippen MR) is 44.6 cm³/mol. The van der Waals surface area contributed by atoms with Gasteiger partial charge in [0.05, 0.1) is 6.61 Å². The molecule has 0 aromatic carbocycles. The van der Waals surface area contributed by atoms with E-state index in [1.165, 1.54) is 0 Å². The second-order valence-corrected chi connectivity index (χ2v) is 2.79. The van der Waals surface area contributed by atoms with Gasteiger partial charge in [0, 0.05) is 0 Å². The summed E-state index contributed by atoms with van der Waals surface area (Å²) in [6.45, 7) is 5.03. The molecule has 0 heterocycles. The van der Waals surface area contributed by atoms with Crippen LogP contribution in [0.15, 0.2) is 11.8 Å². The Bertz CT molecular complexity index is 233. The zero-order valence-electron chi connectivity index (χ0n) is 8.99. The summed E-state index contributed by atoms with van der Waals surface area (Å²) in [6.07, 6.45) is 0.780. The molecule has 0 radical (unpaired) electrons. The number of esters is 1. The third kappa shape index (κ3) is 6.18. The van der Waals surface area contributed by atoms with Crippen molar-refractivity contribution in [2.24, 2.45) is 5.92 Å². The van der Waals surface area contributed by atoms with E-state index in [1.807, 2.05) is 0 Å². The fraction of sp³-hybridized carbons (Fsp3) is 0.556. The van der Waals surface area contributed by atoms with Gasteiger partial charge in [-0.25, -0.2) is 4.79 Å². The quantitative estimate of drug-likeness (QED) is 0.163. The molecule has 0 atom stereocenters. The van der Waals surface area contributed by atoms with Crippen molar-refractivity contribution >= 4 is 11.8 Å². The van der Waals surface area contributed by atoms with E-state index in [0.29, 0.717) is 0 Å². The third-order valence-electron chi connectivity index (χ3n) is 1.32. The van der Waals surface area contributed by atoms with Crippen LogP contribution < -0.4 is 34.7 Å². The topological polar surface area (TPSA) is 66.4 Å². The summed E-state index contributed by atoms with van der Waals surface area (Å²) in [4.78, 5) is 21.6. The maximum absolute atomic E-state index is 11.0. The summed E-state index contributed by atoms with van der Waals surface area (Å²) < 4.78 is 4.41. The van der Waals surface area contributed by atoms with Crippen LogP contribution in [0.1, 0.15) is 20.8 Å². The van der Waals surface area contributed by atoms with Crippen LogP contribution in [-0.2, 0) is 14.3 Å². The van der Waals surface area contributed by atoms with Crippen LogP contribution in [0.2, 0.25) is 0 Å². The number of hydrogen-bond acceptors (Lipinski definition) is 4. The molecule has 0 aliphatic carbocycles. The Morgan fingerprint density at radius 2 is 1.93 bits per heavy atom. The first kappa shape index (κ1) is 16.1. The molecule has 4 nitrogen and oxygen atoms in total. The zero-order valence-corrected chi connectivity index (χ0v) is 11.0. The number of ketones is 1. The third-order valence-corrected chi connectivity index (χ3v) is 1.32. The summed E-state index contributed by atoms with van der Waals surface area (Å²) in [5, 5.41) is 11.0. The van der Waals surface area contributed by atoms with Crippen molar-refractivity contribution in [1.82, 2.24) is 0 Å². The Balaban J connectivity index is 0. The normalized spacial score (nSPS) is 10.7. The first-order valence-corrected chi connectivity index (χ1v) is 4.08. The maximum atomic E-state index is 11.0. The van der Waals surface area contributed by atoms with Gasteiger partial charge in [-0.1, -0.05) is 13.8 Å². The molecule has 0 bridgehead atoms. The Labute approximate surface area is 106 Å². The average molecular weight is 208 g/mol. The molecule has 5 heteroatoms. The molecule has 0 unspecified atom stereocenters. The van der Waals surface area contributed by atoms with E-state index in [2.05, 4.69) is 4.74 Å². The minimum Gasteiger partial charge on any atom is -0.875 e. The number of rotatable bonds is 4. The average Bonchev–Trinajstić information content (AvgIpc) is 2.04. The Morgan fingerprint density at radius 3 is 2.29 bits per heavy atom. The summed E-state index contributed by atoms with van der Waals surface area (Å²) >= 11 is 0. The van der Waals surface area contributed by atoms with Crippen LogP contribution in [0.3, 0.4) is 0 Å². The van der Waals surface area contributed by atoms with Crippen molar-refractivity contribution in [3.8, 4) is 0 Å². The van der Waals surface area contributed by atoms with Crippen LogP contribution in [0, 0.1) is 5.92 Å². The first-order valence-electron chi connectivity index (χ1n) is 4.08. The van der Waals surface area contributed by atoms with E-state index in [1.54, 1.807) is 20.8 Å². The number of carbonyl (C=O) groups is 2. The Morgan fingerprint density at radius 1 is 1.43 bits per heavy atom. The number of allylic oxidation sites excluding steroid dienone is 1. The molecule has 0 aromatic heterocycles. The molecule has 0 aliphatic heterocycles. The first-order chi connectivity index (χ1) is 5.99. The number of ether oxygens (including phenoxy) is 1. The van der Waals surface area contributed by atoms with Crippen LogP contribution >= 0.6 is 0 Å². The molecule has 0 saturated carbocycles. The smallest absolute Gasteiger partial charge is 0.875 e. The number of hydrogen-bond donors (Lipinski definition) is 0. The minimum absolute atomic E-state index is 0. The van der Waals surface area contributed by atoms with E-state index in [-0.39, 0.29) is 47.8 Å². The molecular formula is C9H13NaO4. The molecule has 0 rings (SSSR count). The van der Waals surface area contributed by atoms with Gasteiger partial charge in [0.1, 0.15) is 0 Å². The Hall–Kier alpha value is -0.320.